The smallest absolute Gasteiger partial charge is 0.434 e. The molecule has 0 saturated carbocycles. The fraction of sp³-hybridized carbons (Fsp3) is 0.167. The summed E-state index contributed by atoms with van der Waals surface area (Å²) in [7, 11) is 0. The zero-order valence-electron chi connectivity index (χ0n) is 22.4. The van der Waals surface area contributed by atoms with E-state index in [1.54, 1.807) is 18.2 Å². The summed E-state index contributed by atoms with van der Waals surface area (Å²) in [5, 5.41) is 0.911. The van der Waals surface area contributed by atoms with E-state index in [9.17, 15) is 22.8 Å². The summed E-state index contributed by atoms with van der Waals surface area (Å²) in [5.41, 5.74) is -1.27. The molecule has 1 aliphatic rings. The second kappa shape index (κ2) is 13.4. The van der Waals surface area contributed by atoms with Gasteiger partial charge < -0.3 is 9.47 Å². The maximum atomic E-state index is 14.4. The van der Waals surface area contributed by atoms with Gasteiger partial charge >= 0.3 is 12.1 Å². The SMILES string of the molecule is CCOC(=O)C1=C(C(F)(F)F)N=c2s/c(=C\c3cc(Br)cc(I)c3OCc3ccc(Cl)cc3)c(=O)n2[C@@H]1c1ccc(Cl)cc1. The molecule has 44 heavy (non-hydrogen) atoms. The average molecular weight is 838 g/mol. The number of thiazole rings is 1. The summed E-state index contributed by atoms with van der Waals surface area (Å²) in [6.07, 6.45) is -3.47. The molecule has 0 saturated heterocycles. The lowest BCUT2D eigenvalue weighted by Crippen LogP contribution is -2.41. The summed E-state index contributed by atoms with van der Waals surface area (Å²) in [4.78, 5) is 30.6. The Kier molecular flexibility index (Phi) is 9.95. The molecular formula is C30H19BrCl2F3IN2O4S. The molecule has 0 fully saturated rings. The first kappa shape index (κ1) is 32.7. The van der Waals surface area contributed by atoms with E-state index in [1.807, 2.05) is 18.2 Å². The van der Waals surface area contributed by atoms with Gasteiger partial charge in [0, 0.05) is 20.1 Å². The quantitative estimate of drug-likeness (QED) is 0.142. The monoisotopic (exact) mass is 836 g/mol. The Bertz CT molecular complexity index is 1960. The first-order valence-corrected chi connectivity index (χ1v) is 16.2. The van der Waals surface area contributed by atoms with Crippen molar-refractivity contribution in [2.75, 3.05) is 6.61 Å². The van der Waals surface area contributed by atoms with E-state index in [2.05, 4.69) is 43.5 Å². The second-order valence-corrected chi connectivity index (χ2v) is 13.3. The molecule has 3 aromatic carbocycles. The standard InChI is InChI=1S/C30H19BrCl2F3IN2O4S/c1-2-42-28(41)23-24(16-5-9-20(33)10-6-16)39-27(40)22(44-29(39)38-26(23)30(34,35)36)12-17-11-18(31)13-21(37)25(17)43-14-15-3-7-19(32)8-4-15/h3-13,24H,2,14H2,1H3/b22-12-/t24-/m1/s1. The van der Waals surface area contributed by atoms with E-state index in [-0.39, 0.29) is 28.1 Å². The molecule has 2 heterocycles. The predicted octanol–water partition coefficient (Wildman–Crippen LogP) is 7.59. The first-order chi connectivity index (χ1) is 20.9. The van der Waals surface area contributed by atoms with Gasteiger partial charge in [0.25, 0.3) is 5.56 Å². The molecule has 5 rings (SSSR count). The van der Waals surface area contributed by atoms with Crippen molar-refractivity contribution in [3.8, 4) is 5.75 Å². The minimum atomic E-state index is -5.01. The molecule has 0 amide bonds. The lowest BCUT2D eigenvalue weighted by Gasteiger charge is -2.26. The summed E-state index contributed by atoms with van der Waals surface area (Å²) in [6.45, 7) is 1.50. The number of allylic oxidation sites excluding steroid dienone is 1. The molecule has 0 bridgehead atoms. The molecule has 0 aliphatic carbocycles. The van der Waals surface area contributed by atoms with Gasteiger partial charge in [-0.15, -0.1) is 0 Å². The number of hydrogen-bond acceptors (Lipinski definition) is 6. The van der Waals surface area contributed by atoms with Crippen molar-refractivity contribution in [2.45, 2.75) is 25.7 Å². The van der Waals surface area contributed by atoms with Crippen LogP contribution in [0.1, 0.15) is 29.7 Å². The van der Waals surface area contributed by atoms with E-state index in [0.29, 0.717) is 25.8 Å². The summed E-state index contributed by atoms with van der Waals surface area (Å²) >= 11 is 18.4. The number of alkyl halides is 3. The number of halogens is 7. The normalized spacial score (nSPS) is 15.2. The van der Waals surface area contributed by atoms with Gasteiger partial charge in [-0.2, -0.15) is 13.2 Å². The molecule has 6 nitrogen and oxygen atoms in total. The Morgan fingerprint density at radius 3 is 2.36 bits per heavy atom. The Balaban J connectivity index is 1.71. The number of fused-ring (bicyclic) bond motifs is 1. The molecule has 1 aliphatic heterocycles. The number of carbonyl (C=O) groups excluding carboxylic acids is 1. The first-order valence-electron chi connectivity index (χ1n) is 12.8. The van der Waals surface area contributed by atoms with Crippen LogP contribution in [0.25, 0.3) is 6.08 Å². The number of nitrogens with zero attached hydrogens (tertiary/aromatic N) is 2. The Morgan fingerprint density at radius 2 is 1.75 bits per heavy atom. The van der Waals surface area contributed by atoms with Gasteiger partial charge in [-0.25, -0.2) is 9.79 Å². The number of hydrogen-bond donors (Lipinski definition) is 0. The number of benzene rings is 3. The van der Waals surface area contributed by atoms with Crippen LogP contribution in [0.3, 0.4) is 0 Å². The maximum Gasteiger partial charge on any atom is 0.434 e. The number of rotatable bonds is 7. The van der Waals surface area contributed by atoms with Crippen LogP contribution in [-0.4, -0.2) is 23.3 Å². The average Bonchev–Trinajstić information content (AvgIpc) is 3.27. The molecule has 1 atom stereocenters. The van der Waals surface area contributed by atoms with Crippen LogP contribution in [-0.2, 0) is 16.1 Å². The fourth-order valence-corrected chi connectivity index (χ4v) is 7.47. The van der Waals surface area contributed by atoms with Crippen LogP contribution in [0.2, 0.25) is 10.0 Å². The van der Waals surface area contributed by atoms with Crippen molar-refractivity contribution in [1.82, 2.24) is 4.57 Å². The van der Waals surface area contributed by atoms with E-state index >= 15 is 0 Å². The molecule has 0 unspecified atom stereocenters. The van der Waals surface area contributed by atoms with Gasteiger partial charge in [-0.1, -0.05) is 74.7 Å². The third-order valence-electron chi connectivity index (χ3n) is 6.40. The second-order valence-electron chi connectivity index (χ2n) is 9.34. The molecule has 14 heteroatoms. The van der Waals surface area contributed by atoms with Gasteiger partial charge in [-0.05, 0) is 83.1 Å². The largest absolute Gasteiger partial charge is 0.487 e. The van der Waals surface area contributed by atoms with E-state index in [4.69, 9.17) is 32.7 Å². The lowest BCUT2D eigenvalue weighted by atomic mass is 9.95. The summed E-state index contributed by atoms with van der Waals surface area (Å²) in [6, 6.07) is 15.1. The highest BCUT2D eigenvalue weighted by Crippen LogP contribution is 2.38. The van der Waals surface area contributed by atoms with Crippen molar-refractivity contribution < 1.29 is 27.4 Å². The maximum absolute atomic E-state index is 14.4. The summed E-state index contributed by atoms with van der Waals surface area (Å²) < 4.78 is 56.9. The molecule has 0 radical (unpaired) electrons. The predicted molar refractivity (Wildman–Crippen MR) is 175 cm³/mol. The van der Waals surface area contributed by atoms with Crippen LogP contribution in [0.4, 0.5) is 13.2 Å². The number of carbonyl (C=O) groups is 1. The minimum Gasteiger partial charge on any atom is -0.487 e. The van der Waals surface area contributed by atoms with Crippen molar-refractivity contribution in [2.24, 2.45) is 4.99 Å². The van der Waals surface area contributed by atoms with Gasteiger partial charge in [-0.3, -0.25) is 9.36 Å². The van der Waals surface area contributed by atoms with Crippen LogP contribution in [0, 0.1) is 3.57 Å². The highest BCUT2D eigenvalue weighted by atomic mass is 127. The van der Waals surface area contributed by atoms with Crippen LogP contribution >= 0.6 is 73.1 Å². The Morgan fingerprint density at radius 1 is 1.11 bits per heavy atom. The van der Waals surface area contributed by atoms with Crippen molar-refractivity contribution in [1.29, 1.82) is 0 Å². The number of ether oxygens (including phenoxy) is 2. The lowest BCUT2D eigenvalue weighted by molar-refractivity contribution is -0.140. The molecular weight excluding hydrogens is 819 g/mol. The van der Waals surface area contributed by atoms with Crippen molar-refractivity contribution in [3.63, 3.8) is 0 Å². The van der Waals surface area contributed by atoms with Gasteiger partial charge in [0.15, 0.2) is 10.5 Å². The molecule has 0 spiro atoms. The van der Waals surface area contributed by atoms with Crippen LogP contribution in [0.15, 0.2) is 86.2 Å². The van der Waals surface area contributed by atoms with E-state index in [1.165, 1.54) is 37.3 Å². The highest BCUT2D eigenvalue weighted by Gasteiger charge is 2.45. The van der Waals surface area contributed by atoms with E-state index in [0.717, 1.165) is 25.0 Å². The number of esters is 1. The third-order valence-corrected chi connectivity index (χ3v) is 9.15. The van der Waals surface area contributed by atoms with Crippen molar-refractivity contribution >= 4 is 85.1 Å². The Labute approximate surface area is 284 Å². The fourth-order valence-electron chi connectivity index (χ4n) is 4.52. The van der Waals surface area contributed by atoms with E-state index < -0.39 is 35.0 Å². The number of aromatic nitrogens is 1. The Hall–Kier alpha value is -2.65. The molecule has 228 valence electrons. The van der Waals surface area contributed by atoms with Gasteiger partial charge in [0.05, 0.1) is 26.3 Å². The summed E-state index contributed by atoms with van der Waals surface area (Å²) in [5.74, 6) is -0.760. The molecule has 0 N–H and O–H groups in total. The van der Waals surface area contributed by atoms with Crippen LogP contribution in [0.5, 0.6) is 5.75 Å². The van der Waals surface area contributed by atoms with Gasteiger partial charge in [0.2, 0.25) is 0 Å². The topological polar surface area (TPSA) is 69.9 Å². The van der Waals surface area contributed by atoms with Crippen molar-refractivity contribution in [3.05, 3.63) is 126 Å². The zero-order valence-corrected chi connectivity index (χ0v) is 28.5. The minimum absolute atomic E-state index is 0.0830. The third kappa shape index (κ3) is 6.94. The van der Waals surface area contributed by atoms with Crippen LogP contribution < -0.4 is 19.6 Å². The molecule has 1 aromatic heterocycles. The molecule has 4 aromatic rings. The van der Waals surface area contributed by atoms with Gasteiger partial charge in [0.1, 0.15) is 12.4 Å². The highest BCUT2D eigenvalue weighted by molar-refractivity contribution is 14.1. The zero-order chi connectivity index (χ0) is 31.8.